The van der Waals surface area contributed by atoms with Gasteiger partial charge in [0.1, 0.15) is 0 Å². The standard InChI is InChI=1S/C9H18O/c1-8-3-4-9(2)7-10-6-5-8/h8-9H,3-7H2,1-2H3. The molecule has 1 rings (SSSR count). The van der Waals surface area contributed by atoms with Gasteiger partial charge in [0.05, 0.1) is 0 Å². The zero-order valence-electron chi connectivity index (χ0n) is 7.10. The van der Waals surface area contributed by atoms with E-state index in [1.54, 1.807) is 0 Å². The fraction of sp³-hybridized carbons (Fsp3) is 1.00. The van der Waals surface area contributed by atoms with Crippen molar-refractivity contribution in [3.8, 4) is 0 Å². The Morgan fingerprint density at radius 3 is 2.50 bits per heavy atom. The monoisotopic (exact) mass is 142 g/mol. The molecule has 60 valence electrons. The van der Waals surface area contributed by atoms with E-state index in [1.807, 2.05) is 0 Å². The Kier molecular flexibility index (Phi) is 3.20. The van der Waals surface area contributed by atoms with Crippen LogP contribution in [0.25, 0.3) is 0 Å². The fourth-order valence-electron chi connectivity index (χ4n) is 1.37. The molecule has 0 aromatic rings. The maximum atomic E-state index is 5.46. The maximum Gasteiger partial charge on any atom is 0.0491 e. The summed E-state index contributed by atoms with van der Waals surface area (Å²) in [5.74, 6) is 1.66. The zero-order valence-corrected chi connectivity index (χ0v) is 7.10. The van der Waals surface area contributed by atoms with E-state index in [9.17, 15) is 0 Å². The Bertz CT molecular complexity index is 78.7. The second-order valence-corrected chi connectivity index (χ2v) is 3.65. The molecule has 1 fully saturated rings. The van der Waals surface area contributed by atoms with E-state index in [0.29, 0.717) is 0 Å². The molecule has 0 spiro atoms. The molecule has 0 aliphatic carbocycles. The highest BCUT2D eigenvalue weighted by Crippen LogP contribution is 2.18. The van der Waals surface area contributed by atoms with E-state index in [-0.39, 0.29) is 0 Å². The molecule has 0 radical (unpaired) electrons. The first-order valence-electron chi connectivity index (χ1n) is 4.37. The minimum atomic E-state index is 0.780. The molecule has 1 aliphatic heterocycles. The minimum absolute atomic E-state index is 0.780. The summed E-state index contributed by atoms with van der Waals surface area (Å²) in [4.78, 5) is 0. The van der Waals surface area contributed by atoms with Crippen LogP contribution in [-0.4, -0.2) is 13.2 Å². The number of rotatable bonds is 0. The summed E-state index contributed by atoms with van der Waals surface area (Å²) in [6, 6.07) is 0. The molecule has 1 heterocycles. The van der Waals surface area contributed by atoms with E-state index < -0.39 is 0 Å². The molecule has 1 saturated heterocycles. The largest absolute Gasteiger partial charge is 0.381 e. The van der Waals surface area contributed by atoms with Gasteiger partial charge < -0.3 is 4.74 Å². The van der Waals surface area contributed by atoms with Crippen molar-refractivity contribution in [1.82, 2.24) is 0 Å². The second-order valence-electron chi connectivity index (χ2n) is 3.65. The van der Waals surface area contributed by atoms with Crippen molar-refractivity contribution >= 4 is 0 Å². The quantitative estimate of drug-likeness (QED) is 0.505. The lowest BCUT2D eigenvalue weighted by Gasteiger charge is -2.19. The SMILES string of the molecule is CC1CCOCC(C)CC1. The highest BCUT2D eigenvalue weighted by molar-refractivity contribution is 4.60. The van der Waals surface area contributed by atoms with Crippen LogP contribution >= 0.6 is 0 Å². The molecule has 1 aliphatic rings. The van der Waals surface area contributed by atoms with Crippen molar-refractivity contribution < 1.29 is 4.74 Å². The van der Waals surface area contributed by atoms with E-state index >= 15 is 0 Å². The number of hydrogen-bond donors (Lipinski definition) is 0. The Labute approximate surface area is 63.8 Å². The fourth-order valence-corrected chi connectivity index (χ4v) is 1.37. The summed E-state index contributed by atoms with van der Waals surface area (Å²) in [6.07, 6.45) is 4.00. The van der Waals surface area contributed by atoms with Gasteiger partial charge in [-0.1, -0.05) is 20.3 Å². The van der Waals surface area contributed by atoms with Crippen LogP contribution in [0.5, 0.6) is 0 Å². The van der Waals surface area contributed by atoms with Crippen LogP contribution in [0.4, 0.5) is 0 Å². The van der Waals surface area contributed by atoms with Crippen molar-refractivity contribution in [3.05, 3.63) is 0 Å². The summed E-state index contributed by atoms with van der Waals surface area (Å²) in [5, 5.41) is 0. The first-order chi connectivity index (χ1) is 4.79. The Morgan fingerprint density at radius 2 is 1.70 bits per heavy atom. The van der Waals surface area contributed by atoms with Gasteiger partial charge >= 0.3 is 0 Å². The van der Waals surface area contributed by atoms with Crippen LogP contribution in [0.1, 0.15) is 33.1 Å². The molecular weight excluding hydrogens is 124 g/mol. The highest BCUT2D eigenvalue weighted by Gasteiger charge is 2.10. The normalized spacial score (nSPS) is 36.6. The molecule has 0 aromatic heterocycles. The molecule has 0 amide bonds. The smallest absolute Gasteiger partial charge is 0.0491 e. The third kappa shape index (κ3) is 2.70. The van der Waals surface area contributed by atoms with Gasteiger partial charge in [0.15, 0.2) is 0 Å². The lowest BCUT2D eigenvalue weighted by atomic mass is 9.95. The first-order valence-corrected chi connectivity index (χ1v) is 4.37. The van der Waals surface area contributed by atoms with Gasteiger partial charge in [0.2, 0.25) is 0 Å². The average Bonchev–Trinajstić information content (AvgIpc) is 1.90. The Morgan fingerprint density at radius 1 is 1.00 bits per heavy atom. The molecule has 10 heavy (non-hydrogen) atoms. The molecule has 0 saturated carbocycles. The van der Waals surface area contributed by atoms with Crippen LogP contribution in [0.15, 0.2) is 0 Å². The van der Waals surface area contributed by atoms with Gasteiger partial charge in [0.25, 0.3) is 0 Å². The van der Waals surface area contributed by atoms with Crippen molar-refractivity contribution in [2.24, 2.45) is 11.8 Å². The second kappa shape index (κ2) is 3.97. The van der Waals surface area contributed by atoms with Gasteiger partial charge in [-0.05, 0) is 24.7 Å². The predicted octanol–water partition coefficient (Wildman–Crippen LogP) is 2.46. The van der Waals surface area contributed by atoms with Crippen LogP contribution < -0.4 is 0 Å². The Balaban J connectivity index is 2.23. The summed E-state index contributed by atoms with van der Waals surface area (Å²) < 4.78 is 5.46. The van der Waals surface area contributed by atoms with E-state index in [1.165, 1.54) is 19.3 Å². The molecule has 0 bridgehead atoms. The summed E-state index contributed by atoms with van der Waals surface area (Å²) >= 11 is 0. The molecule has 1 nitrogen and oxygen atoms in total. The predicted molar refractivity (Wildman–Crippen MR) is 43.0 cm³/mol. The van der Waals surface area contributed by atoms with Crippen LogP contribution in [0.3, 0.4) is 0 Å². The number of ether oxygens (including phenoxy) is 1. The van der Waals surface area contributed by atoms with E-state index in [0.717, 1.165) is 25.0 Å². The van der Waals surface area contributed by atoms with Crippen molar-refractivity contribution in [2.45, 2.75) is 33.1 Å². The molecule has 1 heteroatoms. The molecule has 2 atom stereocenters. The molecule has 0 aromatic carbocycles. The third-order valence-corrected chi connectivity index (χ3v) is 2.31. The summed E-state index contributed by atoms with van der Waals surface area (Å²) in [6.45, 7) is 6.55. The van der Waals surface area contributed by atoms with E-state index in [4.69, 9.17) is 4.74 Å². The minimum Gasteiger partial charge on any atom is -0.381 e. The van der Waals surface area contributed by atoms with Crippen LogP contribution in [0, 0.1) is 11.8 Å². The van der Waals surface area contributed by atoms with Crippen LogP contribution in [-0.2, 0) is 4.74 Å². The lowest BCUT2D eigenvalue weighted by Crippen LogP contribution is -2.14. The summed E-state index contributed by atoms with van der Waals surface area (Å²) in [7, 11) is 0. The maximum absolute atomic E-state index is 5.46. The first kappa shape index (κ1) is 8.06. The van der Waals surface area contributed by atoms with Crippen molar-refractivity contribution in [3.63, 3.8) is 0 Å². The van der Waals surface area contributed by atoms with Gasteiger partial charge in [-0.3, -0.25) is 0 Å². The Hall–Kier alpha value is -0.0400. The average molecular weight is 142 g/mol. The van der Waals surface area contributed by atoms with E-state index in [2.05, 4.69) is 13.8 Å². The summed E-state index contributed by atoms with van der Waals surface area (Å²) in [5.41, 5.74) is 0. The number of hydrogen-bond acceptors (Lipinski definition) is 1. The third-order valence-electron chi connectivity index (χ3n) is 2.31. The lowest BCUT2D eigenvalue weighted by molar-refractivity contribution is 0.0742. The van der Waals surface area contributed by atoms with Gasteiger partial charge in [-0.15, -0.1) is 0 Å². The van der Waals surface area contributed by atoms with Crippen LogP contribution in [0.2, 0.25) is 0 Å². The van der Waals surface area contributed by atoms with Gasteiger partial charge in [0, 0.05) is 13.2 Å². The highest BCUT2D eigenvalue weighted by atomic mass is 16.5. The molecule has 2 unspecified atom stereocenters. The van der Waals surface area contributed by atoms with Gasteiger partial charge in [-0.2, -0.15) is 0 Å². The topological polar surface area (TPSA) is 9.23 Å². The zero-order chi connectivity index (χ0) is 7.40. The van der Waals surface area contributed by atoms with Gasteiger partial charge in [-0.25, -0.2) is 0 Å². The van der Waals surface area contributed by atoms with Crippen molar-refractivity contribution in [1.29, 1.82) is 0 Å². The molecular formula is C9H18O. The molecule has 0 N–H and O–H groups in total. The van der Waals surface area contributed by atoms with Crippen molar-refractivity contribution in [2.75, 3.05) is 13.2 Å².